The van der Waals surface area contributed by atoms with E-state index in [4.69, 9.17) is 5.73 Å². The Labute approximate surface area is 68.1 Å². The van der Waals surface area contributed by atoms with Crippen LogP contribution in [0.25, 0.3) is 0 Å². The predicted molar refractivity (Wildman–Crippen MR) is 45.4 cm³/mol. The van der Waals surface area contributed by atoms with Crippen LogP contribution in [0.2, 0.25) is 0 Å². The molecule has 2 aliphatic rings. The molecular formula is C8H17N3. The Balaban J connectivity index is 1.61. The second kappa shape index (κ2) is 2.73. The van der Waals surface area contributed by atoms with Crippen molar-refractivity contribution in [3.8, 4) is 0 Å². The minimum Gasteiger partial charge on any atom is -0.325 e. The first kappa shape index (κ1) is 7.53. The van der Waals surface area contributed by atoms with E-state index < -0.39 is 0 Å². The highest BCUT2D eigenvalue weighted by atomic mass is 15.2. The minimum absolute atomic E-state index is 0.466. The van der Waals surface area contributed by atoms with Gasteiger partial charge in [0.25, 0.3) is 0 Å². The standard InChI is InChI=1S/C8H17N3/c1-10-2-7(3-10)4-11-5-8(9)6-11/h7-8H,2-6,9H2,1H3. The second-order valence-corrected chi connectivity index (χ2v) is 4.07. The normalized spacial score (nSPS) is 30.0. The lowest BCUT2D eigenvalue weighted by atomic mass is 9.98. The summed E-state index contributed by atoms with van der Waals surface area (Å²) < 4.78 is 0. The molecule has 0 unspecified atom stereocenters. The summed E-state index contributed by atoms with van der Waals surface area (Å²) in [7, 11) is 2.18. The molecular weight excluding hydrogens is 138 g/mol. The SMILES string of the molecule is CN1CC(CN2CC(N)C2)C1. The third-order valence-electron chi connectivity index (χ3n) is 2.64. The topological polar surface area (TPSA) is 32.5 Å². The zero-order valence-corrected chi connectivity index (χ0v) is 7.16. The van der Waals surface area contributed by atoms with Crippen LogP contribution in [0, 0.1) is 5.92 Å². The van der Waals surface area contributed by atoms with Gasteiger partial charge in [-0.3, -0.25) is 4.90 Å². The van der Waals surface area contributed by atoms with E-state index in [9.17, 15) is 0 Å². The van der Waals surface area contributed by atoms with Crippen LogP contribution in [-0.4, -0.2) is 55.6 Å². The minimum atomic E-state index is 0.466. The van der Waals surface area contributed by atoms with Crippen LogP contribution >= 0.6 is 0 Å². The number of hydrogen-bond acceptors (Lipinski definition) is 3. The van der Waals surface area contributed by atoms with Gasteiger partial charge >= 0.3 is 0 Å². The lowest BCUT2D eigenvalue weighted by Crippen LogP contribution is -2.59. The van der Waals surface area contributed by atoms with Gasteiger partial charge in [0, 0.05) is 38.8 Å². The number of likely N-dealkylation sites (tertiary alicyclic amines) is 2. The van der Waals surface area contributed by atoms with Crippen molar-refractivity contribution in [2.24, 2.45) is 11.7 Å². The first-order chi connectivity index (χ1) is 5.24. The molecule has 3 heteroatoms. The average molecular weight is 155 g/mol. The fourth-order valence-corrected chi connectivity index (χ4v) is 2.07. The fourth-order valence-electron chi connectivity index (χ4n) is 2.07. The average Bonchev–Trinajstić information content (AvgIpc) is 1.81. The van der Waals surface area contributed by atoms with Crippen LogP contribution < -0.4 is 5.73 Å². The van der Waals surface area contributed by atoms with Gasteiger partial charge in [-0.2, -0.15) is 0 Å². The van der Waals surface area contributed by atoms with Gasteiger partial charge in [0.1, 0.15) is 0 Å². The molecule has 0 amide bonds. The van der Waals surface area contributed by atoms with Crippen molar-refractivity contribution < 1.29 is 0 Å². The molecule has 64 valence electrons. The zero-order valence-electron chi connectivity index (χ0n) is 7.16. The predicted octanol–water partition coefficient (Wildman–Crippen LogP) is -0.809. The molecule has 2 N–H and O–H groups in total. The first-order valence-electron chi connectivity index (χ1n) is 4.40. The number of rotatable bonds is 2. The number of hydrogen-bond donors (Lipinski definition) is 1. The first-order valence-corrected chi connectivity index (χ1v) is 4.40. The van der Waals surface area contributed by atoms with E-state index in [0.717, 1.165) is 19.0 Å². The van der Waals surface area contributed by atoms with Crippen molar-refractivity contribution in [1.29, 1.82) is 0 Å². The zero-order chi connectivity index (χ0) is 7.84. The Kier molecular flexibility index (Phi) is 1.87. The quantitative estimate of drug-likeness (QED) is 0.566. The third-order valence-corrected chi connectivity index (χ3v) is 2.64. The Morgan fingerprint density at radius 1 is 1.27 bits per heavy atom. The summed E-state index contributed by atoms with van der Waals surface area (Å²) >= 11 is 0. The van der Waals surface area contributed by atoms with E-state index in [-0.39, 0.29) is 0 Å². The fraction of sp³-hybridized carbons (Fsp3) is 1.00. The van der Waals surface area contributed by atoms with Gasteiger partial charge < -0.3 is 10.6 Å². The molecule has 3 nitrogen and oxygen atoms in total. The second-order valence-electron chi connectivity index (χ2n) is 4.07. The smallest absolute Gasteiger partial charge is 0.0297 e. The Bertz CT molecular complexity index is 120. The summed E-state index contributed by atoms with van der Waals surface area (Å²) in [5, 5.41) is 0. The van der Waals surface area contributed by atoms with Crippen molar-refractivity contribution in [2.45, 2.75) is 6.04 Å². The van der Waals surface area contributed by atoms with E-state index >= 15 is 0 Å². The third kappa shape index (κ3) is 1.55. The summed E-state index contributed by atoms with van der Waals surface area (Å²) in [4.78, 5) is 4.83. The maximum absolute atomic E-state index is 5.68. The summed E-state index contributed by atoms with van der Waals surface area (Å²) in [6.45, 7) is 6.09. The van der Waals surface area contributed by atoms with Crippen molar-refractivity contribution in [3.63, 3.8) is 0 Å². The molecule has 0 atom stereocenters. The molecule has 0 aromatic heterocycles. The largest absolute Gasteiger partial charge is 0.325 e. The molecule has 0 spiro atoms. The maximum Gasteiger partial charge on any atom is 0.0297 e. The molecule has 2 aliphatic heterocycles. The highest BCUT2D eigenvalue weighted by molar-refractivity contribution is 4.87. The van der Waals surface area contributed by atoms with E-state index in [1.54, 1.807) is 0 Å². The lowest BCUT2D eigenvalue weighted by Gasteiger charge is -2.44. The summed E-state index contributed by atoms with van der Waals surface area (Å²) in [6.07, 6.45) is 0. The van der Waals surface area contributed by atoms with Crippen LogP contribution in [0.4, 0.5) is 0 Å². The molecule has 2 saturated heterocycles. The monoisotopic (exact) mass is 155 g/mol. The highest BCUT2D eigenvalue weighted by Gasteiger charge is 2.30. The number of nitrogens with two attached hydrogens (primary N) is 1. The van der Waals surface area contributed by atoms with Crippen molar-refractivity contribution in [2.75, 3.05) is 39.8 Å². The summed E-state index contributed by atoms with van der Waals surface area (Å²) in [6, 6.07) is 0.466. The van der Waals surface area contributed by atoms with E-state index in [1.807, 2.05) is 0 Å². The van der Waals surface area contributed by atoms with E-state index in [1.165, 1.54) is 19.6 Å². The Hall–Kier alpha value is -0.120. The van der Waals surface area contributed by atoms with Crippen molar-refractivity contribution in [1.82, 2.24) is 9.80 Å². The summed E-state index contributed by atoms with van der Waals surface area (Å²) in [5.41, 5.74) is 5.68. The molecule has 2 fully saturated rings. The lowest BCUT2D eigenvalue weighted by molar-refractivity contribution is 0.0553. The van der Waals surface area contributed by atoms with Crippen LogP contribution in [0.3, 0.4) is 0 Å². The summed E-state index contributed by atoms with van der Waals surface area (Å²) in [5.74, 6) is 0.924. The molecule has 2 rings (SSSR count). The molecule has 0 aromatic carbocycles. The highest BCUT2D eigenvalue weighted by Crippen LogP contribution is 2.16. The Morgan fingerprint density at radius 2 is 1.91 bits per heavy atom. The molecule has 0 radical (unpaired) electrons. The van der Waals surface area contributed by atoms with Gasteiger partial charge in [-0.15, -0.1) is 0 Å². The van der Waals surface area contributed by atoms with Gasteiger partial charge in [-0.05, 0) is 13.0 Å². The Morgan fingerprint density at radius 3 is 2.36 bits per heavy atom. The number of nitrogens with zero attached hydrogens (tertiary/aromatic N) is 2. The van der Waals surface area contributed by atoms with Gasteiger partial charge in [0.2, 0.25) is 0 Å². The molecule has 2 heterocycles. The van der Waals surface area contributed by atoms with Crippen LogP contribution in [0.1, 0.15) is 0 Å². The van der Waals surface area contributed by atoms with Crippen LogP contribution in [0.15, 0.2) is 0 Å². The molecule has 0 bridgehead atoms. The van der Waals surface area contributed by atoms with Gasteiger partial charge in [-0.25, -0.2) is 0 Å². The van der Waals surface area contributed by atoms with Crippen LogP contribution in [0.5, 0.6) is 0 Å². The molecule has 0 saturated carbocycles. The van der Waals surface area contributed by atoms with Crippen molar-refractivity contribution >= 4 is 0 Å². The van der Waals surface area contributed by atoms with Gasteiger partial charge in [-0.1, -0.05) is 0 Å². The maximum atomic E-state index is 5.68. The van der Waals surface area contributed by atoms with Crippen LogP contribution in [-0.2, 0) is 0 Å². The molecule has 0 aliphatic carbocycles. The van der Waals surface area contributed by atoms with Gasteiger partial charge in [0.05, 0.1) is 0 Å². The molecule has 11 heavy (non-hydrogen) atoms. The van der Waals surface area contributed by atoms with Crippen molar-refractivity contribution in [3.05, 3.63) is 0 Å². The molecule has 0 aromatic rings. The van der Waals surface area contributed by atoms with E-state index in [2.05, 4.69) is 16.8 Å². The van der Waals surface area contributed by atoms with E-state index in [0.29, 0.717) is 6.04 Å². The van der Waals surface area contributed by atoms with Gasteiger partial charge in [0.15, 0.2) is 0 Å².